The van der Waals surface area contributed by atoms with E-state index in [0.717, 1.165) is 36.5 Å². The van der Waals surface area contributed by atoms with Gasteiger partial charge < -0.3 is 9.80 Å². The van der Waals surface area contributed by atoms with Gasteiger partial charge in [0.05, 0.1) is 11.7 Å². The average Bonchev–Trinajstić information content (AvgIpc) is 3.29. The number of benzene rings is 1. The molecule has 2 aliphatic heterocycles. The monoisotopic (exact) mass is 445 g/mol. The molecule has 9 nitrogen and oxygen atoms in total. The zero-order valence-corrected chi connectivity index (χ0v) is 18.1. The van der Waals surface area contributed by atoms with E-state index < -0.39 is 10.0 Å². The predicted molar refractivity (Wildman–Crippen MR) is 116 cm³/mol. The van der Waals surface area contributed by atoms with Crippen LogP contribution in [0.4, 0.5) is 11.6 Å². The Kier molecular flexibility index (Phi) is 5.25. The number of fused-ring (bicyclic) bond motifs is 1. The van der Waals surface area contributed by atoms with Gasteiger partial charge in [-0.3, -0.25) is 0 Å². The molecule has 0 unspecified atom stereocenters. The molecule has 0 radical (unpaired) electrons. The lowest BCUT2D eigenvalue weighted by Crippen LogP contribution is -2.49. The van der Waals surface area contributed by atoms with Gasteiger partial charge in [0.2, 0.25) is 10.0 Å². The van der Waals surface area contributed by atoms with Crippen LogP contribution in [0, 0.1) is 0 Å². The lowest BCUT2D eigenvalue weighted by molar-refractivity contribution is 0.384. The van der Waals surface area contributed by atoms with Gasteiger partial charge in [-0.25, -0.2) is 8.42 Å². The van der Waals surface area contributed by atoms with Crippen LogP contribution < -0.4 is 9.80 Å². The van der Waals surface area contributed by atoms with Crippen LogP contribution in [-0.2, 0) is 10.0 Å². The molecule has 0 N–H and O–H groups in total. The summed E-state index contributed by atoms with van der Waals surface area (Å²) in [6.07, 6.45) is 3.68. The van der Waals surface area contributed by atoms with E-state index in [-0.39, 0.29) is 4.90 Å². The molecule has 3 aromatic rings. The van der Waals surface area contributed by atoms with Crippen molar-refractivity contribution in [2.24, 2.45) is 0 Å². The van der Waals surface area contributed by atoms with Gasteiger partial charge in [0.25, 0.3) is 0 Å². The normalized spacial score (nSPS) is 18.8. The van der Waals surface area contributed by atoms with Gasteiger partial charge in [-0.1, -0.05) is 6.07 Å². The van der Waals surface area contributed by atoms with E-state index in [0.29, 0.717) is 37.2 Å². The van der Waals surface area contributed by atoms with Crippen LogP contribution in [0.15, 0.2) is 35.2 Å². The maximum atomic E-state index is 13.2. The van der Waals surface area contributed by atoms with E-state index >= 15 is 0 Å². The van der Waals surface area contributed by atoms with Gasteiger partial charge in [0.15, 0.2) is 11.6 Å². The van der Waals surface area contributed by atoms with E-state index in [1.54, 1.807) is 18.2 Å². The highest BCUT2D eigenvalue weighted by molar-refractivity contribution is 7.89. The first kappa shape index (κ1) is 19.6. The lowest BCUT2D eigenvalue weighted by Gasteiger charge is -2.34. The fraction of sp³-hybridized carbons (Fsp3) is 0.474. The van der Waals surface area contributed by atoms with Gasteiger partial charge in [0, 0.05) is 39.3 Å². The molecule has 2 aliphatic rings. The second-order valence-corrected chi connectivity index (χ2v) is 10.0. The SMILES string of the molecule is O=S(=O)(c1cccc2nsnc12)N1CCN(c2ccc(N3CCCCC3)nn2)CC1. The van der Waals surface area contributed by atoms with E-state index in [9.17, 15) is 8.42 Å². The van der Waals surface area contributed by atoms with Gasteiger partial charge in [-0.05, 0) is 43.5 Å². The van der Waals surface area contributed by atoms with Crippen molar-refractivity contribution >= 4 is 44.4 Å². The third kappa shape index (κ3) is 3.61. The van der Waals surface area contributed by atoms with Crippen molar-refractivity contribution in [2.45, 2.75) is 24.2 Å². The molecule has 1 aromatic carbocycles. The Morgan fingerprint density at radius 1 is 0.767 bits per heavy atom. The highest BCUT2D eigenvalue weighted by Gasteiger charge is 2.31. The van der Waals surface area contributed by atoms with Crippen molar-refractivity contribution in [3.8, 4) is 0 Å². The van der Waals surface area contributed by atoms with Crippen LogP contribution in [-0.4, -0.2) is 70.9 Å². The molecular formula is C19H23N7O2S2. The smallest absolute Gasteiger partial charge is 0.245 e. The Bertz CT molecular complexity index is 1120. The van der Waals surface area contributed by atoms with Crippen LogP contribution in [0.2, 0.25) is 0 Å². The van der Waals surface area contributed by atoms with Crippen molar-refractivity contribution in [1.82, 2.24) is 23.2 Å². The predicted octanol–water partition coefficient (Wildman–Crippen LogP) is 1.98. The molecule has 30 heavy (non-hydrogen) atoms. The Morgan fingerprint density at radius 2 is 1.43 bits per heavy atom. The molecule has 2 saturated heterocycles. The van der Waals surface area contributed by atoms with Crippen molar-refractivity contribution in [1.29, 1.82) is 0 Å². The van der Waals surface area contributed by atoms with Gasteiger partial charge >= 0.3 is 0 Å². The molecule has 0 aliphatic carbocycles. The quantitative estimate of drug-likeness (QED) is 0.602. The Hall–Kier alpha value is -2.37. The third-order valence-corrected chi connectivity index (χ3v) is 8.22. The lowest BCUT2D eigenvalue weighted by atomic mass is 10.1. The molecule has 4 heterocycles. The van der Waals surface area contributed by atoms with Crippen LogP contribution in [0.1, 0.15) is 19.3 Å². The number of anilines is 2. The third-order valence-electron chi connectivity index (χ3n) is 5.75. The van der Waals surface area contributed by atoms with Crippen molar-refractivity contribution in [3.05, 3.63) is 30.3 Å². The number of hydrogen-bond donors (Lipinski definition) is 0. The number of aromatic nitrogens is 4. The molecule has 2 aromatic heterocycles. The first-order valence-corrected chi connectivity index (χ1v) is 12.3. The minimum Gasteiger partial charge on any atom is -0.355 e. The molecule has 158 valence electrons. The molecule has 0 atom stereocenters. The van der Waals surface area contributed by atoms with Crippen LogP contribution in [0.25, 0.3) is 11.0 Å². The summed E-state index contributed by atoms with van der Waals surface area (Å²) in [5.74, 6) is 1.71. The van der Waals surface area contributed by atoms with Crippen molar-refractivity contribution in [3.63, 3.8) is 0 Å². The van der Waals surface area contributed by atoms with Crippen LogP contribution in [0.5, 0.6) is 0 Å². The number of piperidine rings is 1. The summed E-state index contributed by atoms with van der Waals surface area (Å²) in [5, 5.41) is 8.82. The topological polar surface area (TPSA) is 95.4 Å². The zero-order valence-electron chi connectivity index (χ0n) is 16.5. The second-order valence-electron chi connectivity index (χ2n) is 7.58. The maximum absolute atomic E-state index is 13.2. The van der Waals surface area contributed by atoms with Crippen LogP contribution >= 0.6 is 11.7 Å². The number of hydrogen-bond acceptors (Lipinski definition) is 9. The van der Waals surface area contributed by atoms with Gasteiger partial charge in [-0.15, -0.1) is 10.2 Å². The molecule has 0 amide bonds. The van der Waals surface area contributed by atoms with Crippen molar-refractivity contribution < 1.29 is 8.42 Å². The Morgan fingerprint density at radius 3 is 2.10 bits per heavy atom. The zero-order chi connectivity index (χ0) is 20.6. The minimum atomic E-state index is -3.62. The van der Waals surface area contributed by atoms with Crippen LogP contribution in [0.3, 0.4) is 0 Å². The van der Waals surface area contributed by atoms with Gasteiger partial charge in [-0.2, -0.15) is 13.1 Å². The highest BCUT2D eigenvalue weighted by Crippen LogP contribution is 2.26. The molecule has 5 rings (SSSR count). The molecule has 2 fully saturated rings. The summed E-state index contributed by atoms with van der Waals surface area (Å²) in [7, 11) is -3.62. The molecule has 0 bridgehead atoms. The summed E-state index contributed by atoms with van der Waals surface area (Å²) >= 11 is 1.03. The summed E-state index contributed by atoms with van der Waals surface area (Å²) in [6.45, 7) is 4.00. The first-order valence-electron chi connectivity index (χ1n) is 10.2. The summed E-state index contributed by atoms with van der Waals surface area (Å²) in [4.78, 5) is 4.59. The summed E-state index contributed by atoms with van der Waals surface area (Å²) in [5.41, 5.74) is 1.06. The number of nitrogens with zero attached hydrogens (tertiary/aromatic N) is 7. The number of sulfonamides is 1. The molecule has 0 saturated carbocycles. The van der Waals surface area contributed by atoms with E-state index in [1.807, 2.05) is 12.1 Å². The highest BCUT2D eigenvalue weighted by atomic mass is 32.2. The largest absolute Gasteiger partial charge is 0.355 e. The Labute approximate surface area is 179 Å². The van der Waals surface area contributed by atoms with E-state index in [1.165, 1.54) is 23.6 Å². The van der Waals surface area contributed by atoms with Crippen molar-refractivity contribution in [2.75, 3.05) is 49.1 Å². The van der Waals surface area contributed by atoms with Gasteiger partial charge in [0.1, 0.15) is 15.9 Å². The summed E-state index contributed by atoms with van der Waals surface area (Å²) < 4.78 is 36.2. The molecule has 0 spiro atoms. The standard InChI is InChI=1S/C19H23N7O2S2/c27-30(28,16-6-4-5-15-19(16)23-29-22-15)26-13-11-25(12-14-26)18-8-7-17(20-21-18)24-9-2-1-3-10-24/h4-8H,1-3,9-14H2. The minimum absolute atomic E-state index is 0.230. The Balaban J connectivity index is 1.27. The first-order chi connectivity index (χ1) is 14.6. The number of rotatable bonds is 4. The second kappa shape index (κ2) is 8.05. The maximum Gasteiger partial charge on any atom is 0.245 e. The molecule has 11 heteroatoms. The van der Waals surface area contributed by atoms with E-state index in [2.05, 4.69) is 28.7 Å². The average molecular weight is 446 g/mol. The fourth-order valence-corrected chi connectivity index (χ4v) is 6.24. The molecular weight excluding hydrogens is 422 g/mol. The van der Waals surface area contributed by atoms with E-state index in [4.69, 9.17) is 0 Å². The summed E-state index contributed by atoms with van der Waals surface area (Å²) in [6, 6.07) is 9.11. The number of piperazine rings is 1. The fourth-order valence-electron chi connectivity index (χ4n) is 4.06.